The quantitative estimate of drug-likeness (QED) is 0.677. The van der Waals surface area contributed by atoms with Crippen molar-refractivity contribution in [3.8, 4) is 11.5 Å². The lowest BCUT2D eigenvalue weighted by atomic mass is 9.96. The maximum absolute atomic E-state index is 14.0. The van der Waals surface area contributed by atoms with Crippen molar-refractivity contribution in [3.63, 3.8) is 0 Å². The number of halogens is 2. The van der Waals surface area contributed by atoms with Gasteiger partial charge in [0.15, 0.2) is 17.6 Å². The Bertz CT molecular complexity index is 1100. The zero-order chi connectivity index (χ0) is 22.9. The predicted molar refractivity (Wildman–Crippen MR) is 112 cm³/mol. The number of piperidine rings is 1. The number of carbonyl (C=O) groups excluding carboxylic acids is 1. The molecule has 0 aliphatic carbocycles. The summed E-state index contributed by atoms with van der Waals surface area (Å²) >= 11 is 0. The maximum Gasteiger partial charge on any atom is 0.246 e. The number of nitrogens with zero attached hydrogens (tertiary/aromatic N) is 2. The van der Waals surface area contributed by atoms with Crippen LogP contribution in [0.3, 0.4) is 0 Å². The van der Waals surface area contributed by atoms with Gasteiger partial charge in [0.25, 0.3) is 0 Å². The van der Waals surface area contributed by atoms with E-state index in [1.54, 1.807) is 18.0 Å². The van der Waals surface area contributed by atoms with Gasteiger partial charge in [0, 0.05) is 26.1 Å². The molecule has 0 radical (unpaired) electrons. The molecular formula is C22H24F2N2O5S. The number of likely N-dealkylation sites (N-methyl/N-ethyl adjacent to an activating group) is 1. The summed E-state index contributed by atoms with van der Waals surface area (Å²) in [5.74, 6) is -0.996. The maximum atomic E-state index is 14.0. The van der Waals surface area contributed by atoms with Crippen LogP contribution in [0.2, 0.25) is 0 Å². The molecule has 7 nitrogen and oxygen atoms in total. The first-order chi connectivity index (χ1) is 15.3. The highest BCUT2D eigenvalue weighted by Crippen LogP contribution is 2.31. The van der Waals surface area contributed by atoms with Gasteiger partial charge in [0.2, 0.25) is 15.9 Å². The Hall–Kier alpha value is -2.72. The summed E-state index contributed by atoms with van der Waals surface area (Å²) in [4.78, 5) is 13.8. The number of amides is 1. The normalized spacial score (nSPS) is 19.5. The second-order valence-corrected chi connectivity index (χ2v) is 9.88. The number of para-hydroxylation sites is 2. The molecule has 2 aromatic rings. The number of benzene rings is 2. The molecule has 32 heavy (non-hydrogen) atoms. The highest BCUT2D eigenvalue weighted by atomic mass is 32.2. The fourth-order valence-corrected chi connectivity index (χ4v) is 5.56. The van der Waals surface area contributed by atoms with E-state index < -0.39 is 26.6 Å². The first kappa shape index (κ1) is 22.5. The molecule has 2 aromatic carbocycles. The summed E-state index contributed by atoms with van der Waals surface area (Å²) in [7, 11) is -2.50. The molecule has 0 spiro atoms. The monoisotopic (exact) mass is 466 g/mol. The molecule has 172 valence electrons. The van der Waals surface area contributed by atoms with Gasteiger partial charge < -0.3 is 14.4 Å². The lowest BCUT2D eigenvalue weighted by Gasteiger charge is -2.34. The fraction of sp³-hybridized carbons (Fsp3) is 0.409. The molecule has 0 N–H and O–H groups in total. The molecule has 0 bridgehead atoms. The Labute approximate surface area is 185 Å². The van der Waals surface area contributed by atoms with Gasteiger partial charge in [-0.15, -0.1) is 0 Å². The SMILES string of the molecule is CN(CC1COc2ccccc2O1)C(=O)C1CCN(S(=O)(=O)c2cc(F)ccc2F)CC1. The van der Waals surface area contributed by atoms with Gasteiger partial charge >= 0.3 is 0 Å². The fourth-order valence-electron chi connectivity index (χ4n) is 4.02. The van der Waals surface area contributed by atoms with Crippen LogP contribution in [0.25, 0.3) is 0 Å². The van der Waals surface area contributed by atoms with Crippen molar-refractivity contribution >= 4 is 15.9 Å². The van der Waals surface area contributed by atoms with Crippen LogP contribution in [-0.2, 0) is 14.8 Å². The van der Waals surface area contributed by atoms with Gasteiger partial charge in [-0.3, -0.25) is 4.79 Å². The number of rotatable bonds is 5. The Morgan fingerprint density at radius 3 is 2.53 bits per heavy atom. The second-order valence-electron chi connectivity index (χ2n) is 7.97. The highest BCUT2D eigenvalue weighted by molar-refractivity contribution is 7.89. The highest BCUT2D eigenvalue weighted by Gasteiger charge is 2.35. The minimum Gasteiger partial charge on any atom is -0.486 e. The van der Waals surface area contributed by atoms with Crippen LogP contribution >= 0.6 is 0 Å². The van der Waals surface area contributed by atoms with Crippen molar-refractivity contribution in [2.75, 3.05) is 33.3 Å². The Morgan fingerprint density at radius 1 is 1.12 bits per heavy atom. The van der Waals surface area contributed by atoms with Crippen LogP contribution < -0.4 is 9.47 Å². The Kier molecular flexibility index (Phi) is 6.34. The number of fused-ring (bicyclic) bond motifs is 1. The smallest absolute Gasteiger partial charge is 0.246 e. The number of ether oxygens (including phenoxy) is 2. The summed E-state index contributed by atoms with van der Waals surface area (Å²) in [6, 6.07) is 9.67. The molecule has 10 heteroatoms. The van der Waals surface area contributed by atoms with Crippen molar-refractivity contribution in [1.29, 1.82) is 0 Å². The summed E-state index contributed by atoms with van der Waals surface area (Å²) in [5, 5.41) is 0. The standard InChI is InChI=1S/C22H24F2N2O5S/c1-25(13-17-14-30-19-4-2-3-5-20(19)31-17)22(27)15-8-10-26(11-9-15)32(28,29)21-12-16(23)6-7-18(21)24/h2-7,12,15,17H,8-11,13-14H2,1H3. The van der Waals surface area contributed by atoms with E-state index in [9.17, 15) is 22.0 Å². The molecule has 1 saturated heterocycles. The van der Waals surface area contributed by atoms with E-state index in [2.05, 4.69) is 0 Å². The van der Waals surface area contributed by atoms with Crippen molar-refractivity contribution in [2.45, 2.75) is 23.8 Å². The van der Waals surface area contributed by atoms with Gasteiger partial charge in [-0.05, 0) is 43.2 Å². The number of hydrogen-bond donors (Lipinski definition) is 0. The number of hydrogen-bond acceptors (Lipinski definition) is 5. The molecule has 0 saturated carbocycles. The van der Waals surface area contributed by atoms with Crippen molar-refractivity contribution < 1.29 is 31.5 Å². The van der Waals surface area contributed by atoms with Crippen molar-refractivity contribution in [3.05, 3.63) is 54.1 Å². The summed E-state index contributed by atoms with van der Waals surface area (Å²) < 4.78 is 65.6. The molecule has 4 rings (SSSR count). The first-order valence-electron chi connectivity index (χ1n) is 10.3. The molecule has 0 aromatic heterocycles. The van der Waals surface area contributed by atoms with Crippen molar-refractivity contribution in [1.82, 2.24) is 9.21 Å². The van der Waals surface area contributed by atoms with E-state index in [1.807, 2.05) is 18.2 Å². The van der Waals surface area contributed by atoms with E-state index >= 15 is 0 Å². The van der Waals surface area contributed by atoms with Crippen LogP contribution in [0.15, 0.2) is 47.4 Å². The van der Waals surface area contributed by atoms with Crippen molar-refractivity contribution in [2.24, 2.45) is 5.92 Å². The Balaban J connectivity index is 1.34. The van der Waals surface area contributed by atoms with Crippen LogP contribution in [0.5, 0.6) is 11.5 Å². The minimum absolute atomic E-state index is 0.0545. The summed E-state index contributed by atoms with van der Waals surface area (Å²) in [6.45, 7) is 0.766. The van der Waals surface area contributed by atoms with Crippen LogP contribution in [0.4, 0.5) is 8.78 Å². The lowest BCUT2D eigenvalue weighted by Crippen LogP contribution is -2.47. The van der Waals surface area contributed by atoms with Gasteiger partial charge in [-0.1, -0.05) is 12.1 Å². The average Bonchev–Trinajstić information content (AvgIpc) is 2.80. The largest absolute Gasteiger partial charge is 0.486 e. The lowest BCUT2D eigenvalue weighted by molar-refractivity contribution is -0.136. The van der Waals surface area contributed by atoms with E-state index in [-0.39, 0.29) is 31.0 Å². The van der Waals surface area contributed by atoms with Crippen LogP contribution in [0, 0.1) is 17.6 Å². The topological polar surface area (TPSA) is 76.2 Å². The molecule has 1 unspecified atom stereocenters. The van der Waals surface area contributed by atoms with Gasteiger partial charge in [0.05, 0.1) is 6.54 Å². The van der Waals surface area contributed by atoms with Gasteiger partial charge in [-0.25, -0.2) is 17.2 Å². The third-order valence-corrected chi connectivity index (χ3v) is 7.65. The van der Waals surface area contributed by atoms with Gasteiger partial charge in [-0.2, -0.15) is 4.31 Å². The molecular weight excluding hydrogens is 442 g/mol. The van der Waals surface area contributed by atoms with E-state index in [0.717, 1.165) is 16.4 Å². The molecule has 1 amide bonds. The molecule has 1 atom stereocenters. The average molecular weight is 467 g/mol. The second kappa shape index (κ2) is 9.03. The predicted octanol–water partition coefficient (Wildman–Crippen LogP) is 2.66. The van der Waals surface area contributed by atoms with Crippen LogP contribution in [0.1, 0.15) is 12.8 Å². The third kappa shape index (κ3) is 4.56. The van der Waals surface area contributed by atoms with E-state index in [1.165, 1.54) is 0 Å². The third-order valence-electron chi connectivity index (χ3n) is 5.74. The van der Waals surface area contributed by atoms with Crippen LogP contribution in [-0.4, -0.2) is 62.9 Å². The molecule has 1 fully saturated rings. The molecule has 2 heterocycles. The van der Waals surface area contributed by atoms with E-state index in [0.29, 0.717) is 43.6 Å². The molecule has 2 aliphatic heterocycles. The summed E-state index contributed by atoms with van der Waals surface area (Å²) in [5.41, 5.74) is 0. The van der Waals surface area contributed by atoms with E-state index in [4.69, 9.17) is 9.47 Å². The zero-order valence-electron chi connectivity index (χ0n) is 17.5. The minimum atomic E-state index is -4.18. The number of carbonyl (C=O) groups is 1. The number of sulfonamides is 1. The Morgan fingerprint density at radius 2 is 1.81 bits per heavy atom. The first-order valence-corrected chi connectivity index (χ1v) is 11.8. The molecule has 2 aliphatic rings. The zero-order valence-corrected chi connectivity index (χ0v) is 18.4. The van der Waals surface area contributed by atoms with Gasteiger partial charge in [0.1, 0.15) is 23.1 Å². The summed E-state index contributed by atoms with van der Waals surface area (Å²) in [6.07, 6.45) is 0.282.